The Hall–Kier alpha value is -2.06. The quantitative estimate of drug-likeness (QED) is 0.564. The normalized spacial score (nSPS) is 19.2. The van der Waals surface area contributed by atoms with Crippen molar-refractivity contribution in [2.75, 3.05) is 20.3 Å². The summed E-state index contributed by atoms with van der Waals surface area (Å²) in [6.45, 7) is 0.403. The Kier molecular flexibility index (Phi) is 7.73. The van der Waals surface area contributed by atoms with Crippen molar-refractivity contribution in [3.05, 3.63) is 28.3 Å². The number of amides is 1. The van der Waals surface area contributed by atoms with Crippen molar-refractivity contribution in [2.45, 2.75) is 25.3 Å². The fourth-order valence-corrected chi connectivity index (χ4v) is 2.80. The molecule has 3 N–H and O–H groups in total. The largest absolute Gasteiger partial charge is 0.490 e. The summed E-state index contributed by atoms with van der Waals surface area (Å²) in [4.78, 5) is 22.2. The SMILES string of the molecule is COc1cc(OCC(=O)NC2CCCC2CN)ccc1[N+](=O)[O-].Cl. The molecule has 0 bridgehead atoms. The van der Waals surface area contributed by atoms with E-state index in [2.05, 4.69) is 5.32 Å². The molecule has 9 heteroatoms. The summed E-state index contributed by atoms with van der Waals surface area (Å²) in [6.07, 6.45) is 3.02. The van der Waals surface area contributed by atoms with Crippen LogP contribution >= 0.6 is 12.4 Å². The fourth-order valence-electron chi connectivity index (χ4n) is 2.80. The Morgan fingerprint density at radius 2 is 2.21 bits per heavy atom. The van der Waals surface area contributed by atoms with Crippen molar-refractivity contribution in [1.82, 2.24) is 5.32 Å². The number of nitrogens with zero attached hydrogens (tertiary/aromatic N) is 1. The number of carbonyl (C=O) groups is 1. The average Bonchev–Trinajstić information content (AvgIpc) is 2.99. The highest BCUT2D eigenvalue weighted by atomic mass is 35.5. The standard InChI is InChI=1S/C15H21N3O5.ClH/c1-22-14-7-11(5-6-13(14)18(20)21)23-9-15(19)17-12-4-2-3-10(12)8-16;/h5-7,10,12H,2-4,8-9,16H2,1H3,(H,17,19);1H. The second kappa shape index (κ2) is 9.29. The summed E-state index contributed by atoms with van der Waals surface area (Å²) in [5.41, 5.74) is 5.53. The minimum absolute atomic E-state index is 0. The first-order valence-electron chi connectivity index (χ1n) is 7.49. The second-order valence-electron chi connectivity index (χ2n) is 5.48. The van der Waals surface area contributed by atoms with E-state index >= 15 is 0 Å². The van der Waals surface area contributed by atoms with Gasteiger partial charge in [0.05, 0.1) is 12.0 Å². The molecule has 24 heavy (non-hydrogen) atoms. The third kappa shape index (κ3) is 4.97. The van der Waals surface area contributed by atoms with Crippen LogP contribution in [-0.2, 0) is 4.79 Å². The molecule has 1 aromatic rings. The minimum atomic E-state index is -0.539. The van der Waals surface area contributed by atoms with Crippen molar-refractivity contribution in [3.63, 3.8) is 0 Å². The average molecular weight is 360 g/mol. The van der Waals surface area contributed by atoms with Gasteiger partial charge in [-0.05, 0) is 31.4 Å². The van der Waals surface area contributed by atoms with E-state index in [1.807, 2.05) is 0 Å². The molecule has 1 aromatic carbocycles. The van der Waals surface area contributed by atoms with Crippen LogP contribution in [0.15, 0.2) is 18.2 Å². The van der Waals surface area contributed by atoms with Crippen LogP contribution in [0.25, 0.3) is 0 Å². The van der Waals surface area contributed by atoms with Crippen LogP contribution in [0.4, 0.5) is 5.69 Å². The van der Waals surface area contributed by atoms with Gasteiger partial charge in [0.2, 0.25) is 5.75 Å². The van der Waals surface area contributed by atoms with Gasteiger partial charge in [0, 0.05) is 18.2 Å². The van der Waals surface area contributed by atoms with Crippen molar-refractivity contribution in [2.24, 2.45) is 11.7 Å². The van der Waals surface area contributed by atoms with E-state index in [-0.39, 0.29) is 42.4 Å². The van der Waals surface area contributed by atoms with Crippen LogP contribution in [0.2, 0.25) is 0 Å². The van der Waals surface area contributed by atoms with Crippen molar-refractivity contribution >= 4 is 24.0 Å². The van der Waals surface area contributed by atoms with Gasteiger partial charge in [-0.1, -0.05) is 6.42 Å². The van der Waals surface area contributed by atoms with E-state index in [9.17, 15) is 14.9 Å². The molecule has 0 saturated heterocycles. The highest BCUT2D eigenvalue weighted by Gasteiger charge is 2.27. The minimum Gasteiger partial charge on any atom is -0.490 e. The van der Waals surface area contributed by atoms with Crippen LogP contribution < -0.4 is 20.5 Å². The van der Waals surface area contributed by atoms with E-state index in [1.165, 1.54) is 25.3 Å². The Bertz CT molecular complexity index is 584. The van der Waals surface area contributed by atoms with Gasteiger partial charge in [-0.2, -0.15) is 0 Å². The molecular weight excluding hydrogens is 338 g/mol. The van der Waals surface area contributed by atoms with Crippen LogP contribution in [0.5, 0.6) is 11.5 Å². The van der Waals surface area contributed by atoms with E-state index in [4.69, 9.17) is 15.2 Å². The molecule has 1 aliphatic carbocycles. The first-order valence-corrected chi connectivity index (χ1v) is 7.49. The number of ether oxygens (including phenoxy) is 2. The maximum absolute atomic E-state index is 11.9. The second-order valence-corrected chi connectivity index (χ2v) is 5.48. The Morgan fingerprint density at radius 1 is 1.46 bits per heavy atom. The van der Waals surface area contributed by atoms with E-state index < -0.39 is 4.92 Å². The molecule has 0 aliphatic heterocycles. The lowest BCUT2D eigenvalue weighted by molar-refractivity contribution is -0.385. The van der Waals surface area contributed by atoms with Gasteiger partial charge in [-0.25, -0.2) is 0 Å². The molecule has 1 saturated carbocycles. The number of nitrogens with one attached hydrogen (secondary N) is 1. The van der Waals surface area contributed by atoms with Crippen LogP contribution in [-0.4, -0.2) is 37.1 Å². The molecule has 2 atom stereocenters. The summed E-state index contributed by atoms with van der Waals surface area (Å²) >= 11 is 0. The van der Waals surface area contributed by atoms with Crippen molar-refractivity contribution in [3.8, 4) is 11.5 Å². The van der Waals surface area contributed by atoms with Gasteiger partial charge < -0.3 is 20.5 Å². The molecule has 8 nitrogen and oxygen atoms in total. The Morgan fingerprint density at radius 3 is 2.83 bits per heavy atom. The van der Waals surface area contributed by atoms with Gasteiger partial charge in [-0.15, -0.1) is 12.4 Å². The summed E-state index contributed by atoms with van der Waals surface area (Å²) in [7, 11) is 1.34. The first kappa shape index (κ1) is 20.0. The highest BCUT2D eigenvalue weighted by Crippen LogP contribution is 2.30. The molecule has 1 aliphatic rings. The number of halogens is 1. The van der Waals surface area contributed by atoms with Crippen LogP contribution in [0, 0.1) is 16.0 Å². The van der Waals surface area contributed by atoms with Crippen LogP contribution in [0.3, 0.4) is 0 Å². The molecule has 0 heterocycles. The number of nitrogens with two attached hydrogens (primary N) is 1. The third-order valence-corrected chi connectivity index (χ3v) is 4.03. The maximum atomic E-state index is 11.9. The topological polar surface area (TPSA) is 117 Å². The molecule has 134 valence electrons. The number of methoxy groups -OCH3 is 1. The lowest BCUT2D eigenvalue weighted by Crippen LogP contribution is -2.42. The van der Waals surface area contributed by atoms with Crippen LogP contribution in [0.1, 0.15) is 19.3 Å². The molecule has 0 spiro atoms. The van der Waals surface area contributed by atoms with Gasteiger partial charge in [0.15, 0.2) is 6.61 Å². The van der Waals surface area contributed by atoms with E-state index in [1.54, 1.807) is 0 Å². The molecule has 0 aromatic heterocycles. The van der Waals surface area contributed by atoms with Gasteiger partial charge in [0.25, 0.3) is 5.91 Å². The van der Waals surface area contributed by atoms with Gasteiger partial charge in [-0.3, -0.25) is 14.9 Å². The molecule has 2 unspecified atom stereocenters. The number of nitro benzene ring substituents is 1. The number of carbonyl (C=O) groups excluding carboxylic acids is 1. The fraction of sp³-hybridized carbons (Fsp3) is 0.533. The van der Waals surface area contributed by atoms with Crippen molar-refractivity contribution in [1.29, 1.82) is 0 Å². The smallest absolute Gasteiger partial charge is 0.311 e. The van der Waals surface area contributed by atoms with Gasteiger partial charge >= 0.3 is 5.69 Å². The predicted octanol–water partition coefficient (Wildman–Crippen LogP) is 1.65. The monoisotopic (exact) mass is 359 g/mol. The number of hydrogen-bond donors (Lipinski definition) is 2. The first-order chi connectivity index (χ1) is 11.0. The number of hydrogen-bond acceptors (Lipinski definition) is 6. The summed E-state index contributed by atoms with van der Waals surface area (Å²) in [5.74, 6) is 0.516. The molecule has 2 rings (SSSR count). The number of benzene rings is 1. The molecule has 0 radical (unpaired) electrons. The predicted molar refractivity (Wildman–Crippen MR) is 90.7 cm³/mol. The highest BCUT2D eigenvalue weighted by molar-refractivity contribution is 5.85. The zero-order valence-corrected chi connectivity index (χ0v) is 14.2. The Labute approximate surface area is 146 Å². The molecule has 1 amide bonds. The zero-order chi connectivity index (χ0) is 16.8. The summed E-state index contributed by atoms with van der Waals surface area (Å²) < 4.78 is 10.3. The number of nitro groups is 1. The third-order valence-electron chi connectivity index (χ3n) is 4.03. The van der Waals surface area contributed by atoms with Crippen molar-refractivity contribution < 1.29 is 19.2 Å². The van der Waals surface area contributed by atoms with E-state index in [0.717, 1.165) is 19.3 Å². The maximum Gasteiger partial charge on any atom is 0.311 e. The number of rotatable bonds is 7. The lowest BCUT2D eigenvalue weighted by Gasteiger charge is -2.19. The van der Waals surface area contributed by atoms with E-state index in [0.29, 0.717) is 18.2 Å². The summed E-state index contributed by atoms with van der Waals surface area (Å²) in [6, 6.07) is 4.21. The molecule has 1 fully saturated rings. The molecular formula is C15H22ClN3O5. The summed E-state index contributed by atoms with van der Waals surface area (Å²) in [5, 5.41) is 13.7. The lowest BCUT2D eigenvalue weighted by atomic mass is 10.0. The zero-order valence-electron chi connectivity index (χ0n) is 13.4. The van der Waals surface area contributed by atoms with Gasteiger partial charge in [0.1, 0.15) is 5.75 Å². The Balaban J connectivity index is 0.00000288.